The van der Waals surface area contributed by atoms with E-state index in [0.717, 1.165) is 28.9 Å². The highest BCUT2D eigenvalue weighted by atomic mass is 35.5. The molecule has 24 heavy (non-hydrogen) atoms. The maximum atomic E-state index is 12.3. The Balaban J connectivity index is 1.95. The Hall–Kier alpha value is -2.00. The summed E-state index contributed by atoms with van der Waals surface area (Å²) in [5, 5.41) is 3.84. The Morgan fingerprint density at radius 3 is 2.50 bits per heavy atom. The van der Waals surface area contributed by atoms with Gasteiger partial charge in [-0.3, -0.25) is 4.79 Å². The summed E-state index contributed by atoms with van der Waals surface area (Å²) in [5.74, 6) is 0.924. The van der Waals surface area contributed by atoms with E-state index in [1.165, 1.54) is 0 Å². The van der Waals surface area contributed by atoms with Gasteiger partial charge >= 0.3 is 0 Å². The highest BCUT2D eigenvalue weighted by Crippen LogP contribution is 2.24. The predicted molar refractivity (Wildman–Crippen MR) is 98.7 cm³/mol. The van der Waals surface area contributed by atoms with Crippen LogP contribution < -0.4 is 10.1 Å². The van der Waals surface area contributed by atoms with Gasteiger partial charge in [0.25, 0.3) is 0 Å². The van der Waals surface area contributed by atoms with Crippen molar-refractivity contribution in [1.82, 2.24) is 5.32 Å². The summed E-state index contributed by atoms with van der Waals surface area (Å²) in [6.07, 6.45) is 2.02. The Morgan fingerprint density at radius 2 is 1.92 bits per heavy atom. The van der Waals surface area contributed by atoms with Gasteiger partial charge < -0.3 is 10.1 Å². The number of carbonyl (C=O) groups is 1. The molecule has 0 saturated heterocycles. The molecule has 0 aliphatic carbocycles. The van der Waals surface area contributed by atoms with Crippen LogP contribution in [0.3, 0.4) is 0 Å². The average molecular weight is 346 g/mol. The zero-order chi connectivity index (χ0) is 17.5. The zero-order valence-corrected chi connectivity index (χ0v) is 15.2. The maximum Gasteiger partial charge on any atom is 0.220 e. The Bertz CT molecular complexity index is 683. The number of hydrogen-bond donors (Lipinski definition) is 1. The molecular weight excluding hydrogens is 322 g/mol. The highest BCUT2D eigenvalue weighted by molar-refractivity contribution is 6.30. The van der Waals surface area contributed by atoms with Crippen molar-refractivity contribution in [3.8, 4) is 5.75 Å². The largest absolute Gasteiger partial charge is 0.496 e. The number of methoxy groups -OCH3 is 1. The summed E-state index contributed by atoms with van der Waals surface area (Å²) in [6.45, 7) is 4.08. The van der Waals surface area contributed by atoms with Gasteiger partial charge in [0.15, 0.2) is 0 Å². The Morgan fingerprint density at radius 1 is 1.21 bits per heavy atom. The summed E-state index contributed by atoms with van der Waals surface area (Å²) in [5.41, 5.74) is 3.29. The molecule has 0 aliphatic heterocycles. The third kappa shape index (κ3) is 5.00. The van der Waals surface area contributed by atoms with Crippen LogP contribution in [0.15, 0.2) is 42.5 Å². The molecule has 0 fully saturated rings. The number of ether oxygens (including phenoxy) is 1. The summed E-state index contributed by atoms with van der Waals surface area (Å²) in [4.78, 5) is 12.3. The van der Waals surface area contributed by atoms with E-state index in [9.17, 15) is 4.79 Å². The van der Waals surface area contributed by atoms with Crippen LogP contribution >= 0.6 is 11.6 Å². The van der Waals surface area contributed by atoms with Gasteiger partial charge in [0.1, 0.15) is 5.75 Å². The number of rotatable bonds is 7. The molecule has 2 rings (SSSR count). The number of benzene rings is 2. The SMILES string of the molecule is CC[C@H](NC(=O)CCc1ccc(Cl)cc1)c1ccc(OC)c(C)c1. The van der Waals surface area contributed by atoms with Crippen molar-refractivity contribution in [3.05, 3.63) is 64.2 Å². The molecule has 2 aromatic rings. The van der Waals surface area contributed by atoms with Crippen molar-refractivity contribution < 1.29 is 9.53 Å². The lowest BCUT2D eigenvalue weighted by Crippen LogP contribution is -2.28. The smallest absolute Gasteiger partial charge is 0.220 e. The van der Waals surface area contributed by atoms with E-state index in [4.69, 9.17) is 16.3 Å². The van der Waals surface area contributed by atoms with Crippen LogP contribution in [-0.4, -0.2) is 13.0 Å². The molecule has 0 bridgehead atoms. The minimum atomic E-state index is 0.0207. The normalized spacial score (nSPS) is 11.8. The molecule has 0 heterocycles. The van der Waals surface area contributed by atoms with Crippen LogP contribution in [0.5, 0.6) is 5.75 Å². The summed E-state index contributed by atoms with van der Waals surface area (Å²) < 4.78 is 5.29. The van der Waals surface area contributed by atoms with Crippen molar-refractivity contribution in [2.45, 2.75) is 39.2 Å². The molecule has 0 unspecified atom stereocenters. The lowest BCUT2D eigenvalue weighted by molar-refractivity contribution is -0.121. The fourth-order valence-corrected chi connectivity index (χ4v) is 2.84. The van der Waals surface area contributed by atoms with E-state index < -0.39 is 0 Å². The lowest BCUT2D eigenvalue weighted by atomic mass is 10.0. The Labute approximate surface area is 149 Å². The zero-order valence-electron chi connectivity index (χ0n) is 14.4. The molecule has 1 atom stereocenters. The minimum absolute atomic E-state index is 0.0207. The summed E-state index contributed by atoms with van der Waals surface area (Å²) in [7, 11) is 1.66. The van der Waals surface area contributed by atoms with E-state index in [1.807, 2.05) is 43.3 Å². The molecular formula is C20H24ClNO2. The fraction of sp³-hybridized carbons (Fsp3) is 0.350. The number of halogens is 1. The van der Waals surface area contributed by atoms with E-state index in [0.29, 0.717) is 17.9 Å². The molecule has 0 radical (unpaired) electrons. The predicted octanol–water partition coefficient (Wildman–Crippen LogP) is 4.86. The van der Waals surface area contributed by atoms with Crippen molar-refractivity contribution >= 4 is 17.5 Å². The van der Waals surface area contributed by atoms with Crippen LogP contribution in [0.1, 0.15) is 42.5 Å². The van der Waals surface area contributed by atoms with Gasteiger partial charge in [-0.2, -0.15) is 0 Å². The van der Waals surface area contributed by atoms with Crippen LogP contribution in [0, 0.1) is 6.92 Å². The van der Waals surface area contributed by atoms with Crippen LogP contribution in [0.4, 0.5) is 0 Å². The second-order valence-corrected chi connectivity index (χ2v) is 6.32. The molecule has 0 aromatic heterocycles. The van der Waals surface area contributed by atoms with Crippen molar-refractivity contribution in [1.29, 1.82) is 0 Å². The Kier molecular flexibility index (Phi) is 6.68. The summed E-state index contributed by atoms with van der Waals surface area (Å²) in [6, 6.07) is 13.7. The number of aryl methyl sites for hydroxylation is 2. The first-order valence-electron chi connectivity index (χ1n) is 8.21. The van der Waals surface area contributed by atoms with Crippen molar-refractivity contribution in [2.75, 3.05) is 7.11 Å². The number of carbonyl (C=O) groups excluding carboxylic acids is 1. The molecule has 1 N–H and O–H groups in total. The quantitative estimate of drug-likeness (QED) is 0.778. The van der Waals surface area contributed by atoms with Crippen LogP contribution in [-0.2, 0) is 11.2 Å². The van der Waals surface area contributed by atoms with Crippen LogP contribution in [0.25, 0.3) is 0 Å². The van der Waals surface area contributed by atoms with Crippen molar-refractivity contribution in [3.63, 3.8) is 0 Å². The second-order valence-electron chi connectivity index (χ2n) is 5.88. The van der Waals surface area contributed by atoms with Gasteiger partial charge in [0.2, 0.25) is 5.91 Å². The van der Waals surface area contributed by atoms with Crippen molar-refractivity contribution in [2.24, 2.45) is 0 Å². The van der Waals surface area contributed by atoms with Gasteiger partial charge in [0.05, 0.1) is 13.2 Å². The van der Waals surface area contributed by atoms with Gasteiger partial charge in [-0.05, 0) is 54.7 Å². The molecule has 0 spiro atoms. The third-order valence-corrected chi connectivity index (χ3v) is 4.37. The van der Waals surface area contributed by atoms with Gasteiger partial charge in [-0.25, -0.2) is 0 Å². The number of nitrogens with one attached hydrogen (secondary N) is 1. The van der Waals surface area contributed by atoms with E-state index in [2.05, 4.69) is 18.3 Å². The fourth-order valence-electron chi connectivity index (χ4n) is 2.71. The molecule has 2 aromatic carbocycles. The first kappa shape index (κ1) is 18.3. The van der Waals surface area contributed by atoms with Gasteiger partial charge in [0, 0.05) is 11.4 Å². The standard InChI is InChI=1S/C20H24ClNO2/c1-4-18(16-8-11-19(24-3)14(2)13-16)22-20(23)12-7-15-5-9-17(21)10-6-15/h5-6,8-11,13,18H,4,7,12H2,1-3H3,(H,22,23)/t18-/m0/s1. The average Bonchev–Trinajstić information content (AvgIpc) is 2.59. The molecule has 4 heteroatoms. The number of hydrogen-bond acceptors (Lipinski definition) is 2. The molecule has 3 nitrogen and oxygen atoms in total. The van der Waals surface area contributed by atoms with Gasteiger partial charge in [-0.1, -0.05) is 42.8 Å². The molecule has 128 valence electrons. The second kappa shape index (κ2) is 8.74. The van der Waals surface area contributed by atoms with Crippen LogP contribution in [0.2, 0.25) is 5.02 Å². The lowest BCUT2D eigenvalue weighted by Gasteiger charge is -2.19. The summed E-state index contributed by atoms with van der Waals surface area (Å²) >= 11 is 5.88. The van der Waals surface area contributed by atoms with E-state index in [-0.39, 0.29) is 11.9 Å². The minimum Gasteiger partial charge on any atom is -0.496 e. The third-order valence-electron chi connectivity index (χ3n) is 4.12. The first-order chi connectivity index (χ1) is 11.5. The first-order valence-corrected chi connectivity index (χ1v) is 8.59. The maximum absolute atomic E-state index is 12.3. The van der Waals surface area contributed by atoms with E-state index in [1.54, 1.807) is 7.11 Å². The molecule has 0 saturated carbocycles. The molecule has 1 amide bonds. The topological polar surface area (TPSA) is 38.3 Å². The number of amides is 1. The van der Waals surface area contributed by atoms with E-state index >= 15 is 0 Å². The monoisotopic (exact) mass is 345 g/mol. The molecule has 0 aliphatic rings. The highest BCUT2D eigenvalue weighted by Gasteiger charge is 2.14. The van der Waals surface area contributed by atoms with Gasteiger partial charge in [-0.15, -0.1) is 0 Å².